The molecule has 0 N–H and O–H groups in total. The highest BCUT2D eigenvalue weighted by Gasteiger charge is 2.38. The van der Waals surface area contributed by atoms with Crippen LogP contribution in [0.5, 0.6) is 0 Å². The molecular formula is C74H62N2O3. The van der Waals surface area contributed by atoms with Gasteiger partial charge in [0.05, 0.1) is 22.1 Å². The van der Waals surface area contributed by atoms with E-state index in [1.54, 1.807) is 0 Å². The fourth-order valence-corrected chi connectivity index (χ4v) is 13.6. The van der Waals surface area contributed by atoms with Gasteiger partial charge in [-0.25, -0.2) is 0 Å². The topological polar surface area (TPSA) is 45.9 Å². The third kappa shape index (κ3) is 6.87. The van der Waals surface area contributed by atoms with Crippen molar-refractivity contribution in [2.24, 2.45) is 0 Å². The van der Waals surface area contributed by atoms with Crippen LogP contribution in [0.3, 0.4) is 0 Å². The summed E-state index contributed by atoms with van der Waals surface area (Å²) in [6, 6.07) is 71.3. The minimum atomic E-state index is -0.208. The van der Waals surface area contributed by atoms with Crippen LogP contribution in [0.15, 0.2) is 207 Å². The van der Waals surface area contributed by atoms with E-state index in [2.05, 4.69) is 273 Å². The Morgan fingerprint density at radius 1 is 0.316 bits per heavy atom. The third-order valence-electron chi connectivity index (χ3n) is 17.8. The van der Waals surface area contributed by atoms with Crippen molar-refractivity contribution < 1.29 is 13.3 Å². The van der Waals surface area contributed by atoms with Crippen LogP contribution >= 0.6 is 0 Å². The lowest BCUT2D eigenvalue weighted by Gasteiger charge is -2.29. The van der Waals surface area contributed by atoms with Crippen molar-refractivity contribution in [3.8, 4) is 22.3 Å². The average molecular weight is 1030 g/mol. The van der Waals surface area contributed by atoms with Gasteiger partial charge < -0.3 is 23.1 Å². The molecule has 0 unspecified atom stereocenters. The number of nitrogens with zero attached hydrogens (tertiary/aromatic N) is 2. The van der Waals surface area contributed by atoms with Gasteiger partial charge >= 0.3 is 0 Å². The number of anilines is 6. The molecule has 2 aliphatic rings. The first-order valence-electron chi connectivity index (χ1n) is 27.9. The first-order chi connectivity index (χ1) is 37.9. The van der Waals surface area contributed by atoms with Crippen molar-refractivity contribution in [3.63, 3.8) is 0 Å². The van der Waals surface area contributed by atoms with Gasteiger partial charge in [0, 0.05) is 67.3 Å². The van der Waals surface area contributed by atoms with Gasteiger partial charge in [-0.3, -0.25) is 0 Å². The molecule has 386 valence electrons. The molecule has 10 aromatic carbocycles. The summed E-state index contributed by atoms with van der Waals surface area (Å²) in [5.74, 6) is 0. The summed E-state index contributed by atoms with van der Waals surface area (Å²) in [6.07, 6.45) is 0. The van der Waals surface area contributed by atoms with E-state index in [1.807, 2.05) is 0 Å². The summed E-state index contributed by atoms with van der Waals surface area (Å²) in [6.45, 7) is 23.0. The number of hydrogen-bond donors (Lipinski definition) is 0. The summed E-state index contributed by atoms with van der Waals surface area (Å²) >= 11 is 0. The largest absolute Gasteiger partial charge is 0.456 e. The molecule has 0 fully saturated rings. The molecule has 3 heterocycles. The molecule has 0 bridgehead atoms. The molecule has 79 heavy (non-hydrogen) atoms. The maximum Gasteiger partial charge on any atom is 0.160 e. The summed E-state index contributed by atoms with van der Waals surface area (Å²) in [5, 5.41) is 5.92. The van der Waals surface area contributed by atoms with E-state index >= 15 is 0 Å². The van der Waals surface area contributed by atoms with Crippen LogP contribution in [-0.4, -0.2) is 0 Å². The van der Waals surface area contributed by atoms with Gasteiger partial charge in [0.1, 0.15) is 27.9 Å². The van der Waals surface area contributed by atoms with Crippen molar-refractivity contribution in [3.05, 3.63) is 228 Å². The Bertz CT molecular complexity index is 4680. The van der Waals surface area contributed by atoms with Crippen LogP contribution in [0.2, 0.25) is 0 Å². The number of rotatable bonds is 6. The monoisotopic (exact) mass is 1030 g/mol. The number of fused-ring (bicyclic) bond motifs is 17. The van der Waals surface area contributed by atoms with Crippen LogP contribution in [0.25, 0.3) is 88.1 Å². The Morgan fingerprint density at radius 3 is 1.24 bits per heavy atom. The maximum atomic E-state index is 7.48. The number of benzene rings is 10. The summed E-state index contributed by atoms with van der Waals surface area (Å²) in [7, 11) is 0. The van der Waals surface area contributed by atoms with E-state index in [0.29, 0.717) is 0 Å². The van der Waals surface area contributed by atoms with E-state index in [4.69, 9.17) is 13.3 Å². The predicted octanol–water partition coefficient (Wildman–Crippen LogP) is 21.5. The average Bonchev–Trinajstić information content (AvgIpc) is 4.33. The standard InChI is InChI=1S/C74H62N2O3/c1-71(2,3)43-27-31-45(32-28-43)75(47-35-37-51-49-19-11-15-23-55(49)73(7,8)57(51)39-47)59-41-64-68(70-65(59)53-21-13-17-25-61(53)79-70)67-63(77-64)42-60(69-66(67)54-22-14-18-26-62(54)78-69)76(46-33-29-44(30-34-46)72(4,5)6)48-36-38-52-50-20-12-16-24-56(50)74(9,10)58(52)40-48/h11-42H,1-10H3. The lowest BCUT2D eigenvalue weighted by Crippen LogP contribution is -2.17. The lowest BCUT2D eigenvalue weighted by molar-refractivity contribution is 0.590. The van der Waals surface area contributed by atoms with Crippen LogP contribution in [0.1, 0.15) is 103 Å². The molecule has 5 heteroatoms. The number of hydrogen-bond acceptors (Lipinski definition) is 5. The molecule has 0 amide bonds. The van der Waals surface area contributed by atoms with Gasteiger partial charge in [-0.2, -0.15) is 0 Å². The SMILES string of the molecule is CC(C)(C)c1ccc(N(c2ccc3c(c2)C(C)(C)c2ccccc2-3)c2cc3oc4cc(N(c5ccc(C(C)(C)C)cc5)c5ccc6c(c5)C(C)(C)c5ccccc5-6)c5c6ccccc6oc5c4c3c3c2oc2ccccc23)cc1. The number of furan rings is 3. The number of para-hydroxylation sites is 2. The van der Waals surface area contributed by atoms with Gasteiger partial charge in [0.15, 0.2) is 5.58 Å². The minimum Gasteiger partial charge on any atom is -0.456 e. The van der Waals surface area contributed by atoms with Crippen molar-refractivity contribution in [2.45, 2.75) is 90.9 Å². The predicted molar refractivity (Wildman–Crippen MR) is 330 cm³/mol. The van der Waals surface area contributed by atoms with Crippen molar-refractivity contribution >= 4 is 99.9 Å². The summed E-state index contributed by atoms with van der Waals surface area (Å²) < 4.78 is 22.0. The molecule has 15 rings (SSSR count). The van der Waals surface area contributed by atoms with E-state index in [0.717, 1.165) is 99.9 Å². The van der Waals surface area contributed by atoms with E-state index in [-0.39, 0.29) is 21.7 Å². The highest BCUT2D eigenvalue weighted by Crippen LogP contribution is 2.56. The van der Waals surface area contributed by atoms with Crippen LogP contribution in [0, 0.1) is 0 Å². The highest BCUT2D eigenvalue weighted by molar-refractivity contribution is 6.35. The summed E-state index contributed by atoms with van der Waals surface area (Å²) in [4.78, 5) is 4.80. The first-order valence-corrected chi connectivity index (χ1v) is 27.9. The molecule has 13 aromatic rings. The first kappa shape index (κ1) is 47.4. The van der Waals surface area contributed by atoms with Crippen LogP contribution < -0.4 is 9.80 Å². The fraction of sp³-hybridized carbons (Fsp3) is 0.189. The quantitative estimate of drug-likeness (QED) is 0.166. The molecule has 5 nitrogen and oxygen atoms in total. The lowest BCUT2D eigenvalue weighted by atomic mass is 9.82. The molecule has 0 aliphatic heterocycles. The third-order valence-corrected chi connectivity index (χ3v) is 17.8. The molecule has 0 radical (unpaired) electrons. The normalized spacial score (nSPS) is 14.4. The van der Waals surface area contributed by atoms with Gasteiger partial charge in [-0.15, -0.1) is 0 Å². The van der Waals surface area contributed by atoms with Gasteiger partial charge in [-0.1, -0.05) is 191 Å². The Hall–Kier alpha value is -8.80. The Morgan fingerprint density at radius 2 is 0.722 bits per heavy atom. The van der Waals surface area contributed by atoms with Crippen LogP contribution in [-0.2, 0) is 21.7 Å². The van der Waals surface area contributed by atoms with E-state index in [9.17, 15) is 0 Å². The molecule has 0 atom stereocenters. The van der Waals surface area contributed by atoms with Gasteiger partial charge in [-0.05, 0) is 127 Å². The molecule has 0 saturated heterocycles. The Labute approximate surface area is 461 Å². The van der Waals surface area contributed by atoms with E-state index in [1.165, 1.54) is 55.6 Å². The zero-order valence-corrected chi connectivity index (χ0v) is 46.6. The second-order valence-electron chi connectivity index (χ2n) is 25.3. The van der Waals surface area contributed by atoms with Crippen molar-refractivity contribution in [1.82, 2.24) is 0 Å². The molecular weight excluding hydrogens is 965 g/mol. The van der Waals surface area contributed by atoms with E-state index < -0.39 is 0 Å². The minimum absolute atomic E-state index is 0.0240. The zero-order valence-electron chi connectivity index (χ0n) is 46.6. The molecule has 0 saturated carbocycles. The van der Waals surface area contributed by atoms with Gasteiger partial charge in [0.25, 0.3) is 0 Å². The molecule has 2 aliphatic carbocycles. The second kappa shape index (κ2) is 16.4. The zero-order chi connectivity index (χ0) is 54.1. The van der Waals surface area contributed by atoms with Crippen molar-refractivity contribution in [2.75, 3.05) is 9.80 Å². The smallest absolute Gasteiger partial charge is 0.160 e. The summed E-state index contributed by atoms with van der Waals surface area (Å²) in [5.41, 5.74) is 23.1. The molecule has 3 aromatic heterocycles. The fourth-order valence-electron chi connectivity index (χ4n) is 13.6. The molecule has 0 spiro atoms. The van der Waals surface area contributed by atoms with Crippen molar-refractivity contribution in [1.29, 1.82) is 0 Å². The highest BCUT2D eigenvalue weighted by atomic mass is 16.3. The van der Waals surface area contributed by atoms with Gasteiger partial charge in [0.2, 0.25) is 0 Å². The Balaban J connectivity index is 1.03. The van der Waals surface area contributed by atoms with Crippen LogP contribution in [0.4, 0.5) is 34.1 Å². The second-order valence-corrected chi connectivity index (χ2v) is 25.3. The maximum absolute atomic E-state index is 7.48. The Kier molecular flexibility index (Phi) is 9.83.